The number of sulfonamides is 1. The van der Waals surface area contributed by atoms with Gasteiger partial charge in [-0.3, -0.25) is 13.9 Å². The number of hydrogen-bond donors (Lipinski definition) is 1. The third-order valence-electron chi connectivity index (χ3n) is 8.41. The first-order valence-electron chi connectivity index (χ1n) is 15.4. The first-order chi connectivity index (χ1) is 22.5. The zero-order chi connectivity index (χ0) is 33.6. The Morgan fingerprint density at radius 3 is 2.11 bits per heavy atom. The van der Waals surface area contributed by atoms with Gasteiger partial charge in [0.15, 0.2) is 0 Å². The van der Waals surface area contributed by atoms with E-state index in [1.54, 1.807) is 55.5 Å². The Balaban J connectivity index is 1.61. The molecule has 11 heteroatoms. The fourth-order valence-electron chi connectivity index (χ4n) is 5.86. The van der Waals surface area contributed by atoms with E-state index in [0.717, 1.165) is 35.6 Å². The normalized spacial score (nSPS) is 14.0. The van der Waals surface area contributed by atoms with Gasteiger partial charge in [-0.15, -0.1) is 0 Å². The smallest absolute Gasteiger partial charge is 0.264 e. The first kappa shape index (κ1) is 34.8. The Bertz CT molecular complexity index is 1800. The van der Waals surface area contributed by atoms with Gasteiger partial charge in [-0.25, -0.2) is 8.42 Å². The van der Waals surface area contributed by atoms with Gasteiger partial charge in [-0.1, -0.05) is 108 Å². The standard InChI is InChI=1S/C36H36Cl3N3O4S/c1-25-19-20-27(37)22-33(25)42(47(45,46)29-15-6-3-7-16-29)24-35(43)41(23-30-31(38)17-10-18-32(30)39)34(21-26-11-4-2-5-12-26)36(44)40-28-13-8-9-14-28/h2-7,10-12,15-20,22,28,34H,8-9,13-14,21,23-24H2,1H3,(H,40,44)/t34-/m1/s1. The van der Waals surface area contributed by atoms with Crippen molar-refractivity contribution in [2.75, 3.05) is 10.8 Å². The van der Waals surface area contributed by atoms with Crippen LogP contribution in [0.3, 0.4) is 0 Å². The second kappa shape index (κ2) is 15.6. The lowest BCUT2D eigenvalue weighted by molar-refractivity contribution is -0.140. The molecule has 0 spiro atoms. The van der Waals surface area contributed by atoms with Crippen LogP contribution in [0.25, 0.3) is 0 Å². The van der Waals surface area contributed by atoms with Crippen LogP contribution < -0.4 is 9.62 Å². The summed E-state index contributed by atoms with van der Waals surface area (Å²) in [5.74, 6) is -0.934. The predicted octanol–water partition coefficient (Wildman–Crippen LogP) is 7.85. The van der Waals surface area contributed by atoms with E-state index >= 15 is 0 Å². The van der Waals surface area contributed by atoms with Crippen LogP contribution in [0.15, 0.2) is 102 Å². The molecule has 0 unspecified atom stereocenters. The summed E-state index contributed by atoms with van der Waals surface area (Å²) in [6, 6.07) is 26.2. The van der Waals surface area contributed by atoms with E-state index < -0.39 is 28.5 Å². The van der Waals surface area contributed by atoms with Gasteiger partial charge in [0.1, 0.15) is 12.6 Å². The van der Waals surface area contributed by atoms with Crippen LogP contribution >= 0.6 is 34.8 Å². The summed E-state index contributed by atoms with van der Waals surface area (Å²) in [4.78, 5) is 30.3. The average molecular weight is 713 g/mol. The highest BCUT2D eigenvalue weighted by Gasteiger charge is 2.36. The van der Waals surface area contributed by atoms with Crippen LogP contribution in [0.1, 0.15) is 42.4 Å². The van der Waals surface area contributed by atoms with Crippen molar-refractivity contribution < 1.29 is 18.0 Å². The van der Waals surface area contributed by atoms with Crippen molar-refractivity contribution in [3.63, 3.8) is 0 Å². The molecule has 1 aliphatic carbocycles. The number of anilines is 1. The lowest BCUT2D eigenvalue weighted by Gasteiger charge is -2.35. The van der Waals surface area contributed by atoms with Crippen molar-refractivity contribution in [1.29, 1.82) is 0 Å². The Hall–Kier alpha value is -3.56. The van der Waals surface area contributed by atoms with Crippen molar-refractivity contribution >= 4 is 62.3 Å². The highest BCUT2D eigenvalue weighted by atomic mass is 35.5. The van der Waals surface area contributed by atoms with E-state index in [0.29, 0.717) is 26.2 Å². The molecule has 1 aliphatic rings. The fraction of sp³-hybridized carbons (Fsp3) is 0.278. The van der Waals surface area contributed by atoms with Crippen molar-refractivity contribution in [3.05, 3.63) is 129 Å². The molecule has 0 saturated heterocycles. The number of rotatable bonds is 12. The van der Waals surface area contributed by atoms with E-state index in [1.165, 1.54) is 23.1 Å². The van der Waals surface area contributed by atoms with Crippen LogP contribution in [-0.4, -0.2) is 43.8 Å². The molecule has 1 N–H and O–H groups in total. The molecule has 47 heavy (non-hydrogen) atoms. The van der Waals surface area contributed by atoms with Crippen LogP contribution in [0.5, 0.6) is 0 Å². The van der Waals surface area contributed by atoms with Crippen LogP contribution in [0.2, 0.25) is 15.1 Å². The molecule has 4 aromatic rings. The summed E-state index contributed by atoms with van der Waals surface area (Å²) in [5, 5.41) is 4.12. The molecule has 0 radical (unpaired) electrons. The minimum atomic E-state index is -4.26. The molecule has 246 valence electrons. The second-order valence-electron chi connectivity index (χ2n) is 11.7. The lowest BCUT2D eigenvalue weighted by atomic mass is 10.0. The largest absolute Gasteiger partial charge is 0.352 e. The van der Waals surface area contributed by atoms with Crippen molar-refractivity contribution in [2.45, 2.75) is 62.6 Å². The fourth-order valence-corrected chi connectivity index (χ4v) is 8.03. The number of aryl methyl sites for hydroxylation is 1. The molecule has 1 atom stereocenters. The van der Waals surface area contributed by atoms with Gasteiger partial charge in [0.25, 0.3) is 10.0 Å². The number of amides is 2. The lowest BCUT2D eigenvalue weighted by Crippen LogP contribution is -2.54. The summed E-state index contributed by atoms with van der Waals surface area (Å²) in [6.45, 7) is 1.02. The third kappa shape index (κ3) is 8.49. The quantitative estimate of drug-likeness (QED) is 0.162. The number of benzene rings is 4. The SMILES string of the molecule is Cc1ccc(Cl)cc1N(CC(=O)N(Cc1c(Cl)cccc1Cl)[C@H](Cc1ccccc1)C(=O)NC1CCCC1)S(=O)(=O)c1ccccc1. The van der Waals surface area contributed by atoms with E-state index in [1.807, 2.05) is 30.3 Å². The third-order valence-corrected chi connectivity index (χ3v) is 11.1. The molecule has 7 nitrogen and oxygen atoms in total. The Morgan fingerprint density at radius 1 is 0.851 bits per heavy atom. The molecule has 2 amide bonds. The summed E-state index contributed by atoms with van der Waals surface area (Å²) in [5.41, 5.74) is 2.14. The number of nitrogens with zero attached hydrogens (tertiary/aromatic N) is 2. The van der Waals surface area contributed by atoms with Crippen molar-refractivity contribution in [2.24, 2.45) is 0 Å². The molecule has 0 aliphatic heterocycles. The van der Waals surface area contributed by atoms with Gasteiger partial charge < -0.3 is 10.2 Å². The Morgan fingerprint density at radius 2 is 1.47 bits per heavy atom. The molecule has 0 heterocycles. The maximum Gasteiger partial charge on any atom is 0.264 e. The first-order valence-corrected chi connectivity index (χ1v) is 18.0. The number of carbonyl (C=O) groups is 2. The average Bonchev–Trinajstić information content (AvgIpc) is 3.57. The number of hydrogen-bond acceptors (Lipinski definition) is 4. The van der Waals surface area contributed by atoms with Gasteiger partial charge in [0.2, 0.25) is 11.8 Å². The second-order valence-corrected chi connectivity index (χ2v) is 14.8. The predicted molar refractivity (Wildman–Crippen MR) is 189 cm³/mol. The van der Waals surface area contributed by atoms with Gasteiger partial charge in [-0.2, -0.15) is 0 Å². The summed E-state index contributed by atoms with van der Waals surface area (Å²) >= 11 is 19.6. The molecular formula is C36H36Cl3N3O4S. The van der Waals surface area contributed by atoms with E-state index in [2.05, 4.69) is 5.32 Å². The maximum absolute atomic E-state index is 14.7. The molecule has 5 rings (SSSR count). The van der Waals surface area contributed by atoms with Crippen molar-refractivity contribution in [1.82, 2.24) is 10.2 Å². The number of carbonyl (C=O) groups excluding carboxylic acids is 2. The summed E-state index contributed by atoms with van der Waals surface area (Å²) in [6.07, 6.45) is 3.92. The summed E-state index contributed by atoms with van der Waals surface area (Å²) < 4.78 is 29.5. The maximum atomic E-state index is 14.7. The van der Waals surface area contributed by atoms with Gasteiger partial charge in [0, 0.05) is 39.6 Å². The minimum absolute atomic E-state index is 0.00712. The molecular weight excluding hydrogens is 677 g/mol. The monoisotopic (exact) mass is 711 g/mol. The van der Waals surface area contributed by atoms with E-state index in [4.69, 9.17) is 34.8 Å². The number of nitrogens with one attached hydrogen (secondary N) is 1. The highest BCUT2D eigenvalue weighted by Crippen LogP contribution is 2.32. The summed E-state index contributed by atoms with van der Waals surface area (Å²) in [7, 11) is -4.26. The molecule has 0 aromatic heterocycles. The van der Waals surface area contributed by atoms with Crippen LogP contribution in [0.4, 0.5) is 5.69 Å². The van der Waals surface area contributed by atoms with Gasteiger partial charge in [-0.05, 0) is 67.3 Å². The topological polar surface area (TPSA) is 86.8 Å². The van der Waals surface area contributed by atoms with Crippen LogP contribution in [-0.2, 0) is 32.6 Å². The minimum Gasteiger partial charge on any atom is -0.352 e. The zero-order valence-electron chi connectivity index (χ0n) is 25.9. The van der Waals surface area contributed by atoms with E-state index in [-0.39, 0.29) is 35.5 Å². The zero-order valence-corrected chi connectivity index (χ0v) is 29.0. The Labute approximate surface area is 291 Å². The van der Waals surface area contributed by atoms with Gasteiger partial charge >= 0.3 is 0 Å². The van der Waals surface area contributed by atoms with Gasteiger partial charge in [0.05, 0.1) is 10.6 Å². The molecule has 4 aromatic carbocycles. The Kier molecular flexibility index (Phi) is 11.5. The highest BCUT2D eigenvalue weighted by molar-refractivity contribution is 7.92. The molecule has 0 bridgehead atoms. The molecule has 1 fully saturated rings. The van der Waals surface area contributed by atoms with Crippen molar-refractivity contribution in [3.8, 4) is 0 Å². The van der Waals surface area contributed by atoms with E-state index in [9.17, 15) is 18.0 Å². The van der Waals surface area contributed by atoms with Crippen LogP contribution in [0, 0.1) is 6.92 Å². The number of halogens is 3. The molecule has 1 saturated carbocycles.